The summed E-state index contributed by atoms with van der Waals surface area (Å²) in [4.78, 5) is 13.5. The number of aliphatic hydroxyl groups excluding tert-OH is 11. The summed E-state index contributed by atoms with van der Waals surface area (Å²) in [6.07, 6.45) is 69.1. The molecular weight excluding hydrogens is 1410 g/mol. The van der Waals surface area contributed by atoms with E-state index in [2.05, 4.69) is 79.9 Å². The second-order valence-electron chi connectivity index (χ2n) is 32.4. The molecule has 3 saturated heterocycles. The minimum atomic E-state index is -1.98. The molecule has 0 aromatic heterocycles. The number of nitrogens with one attached hydrogen (secondary N) is 1. The Morgan fingerprint density at radius 1 is 0.333 bits per heavy atom. The van der Waals surface area contributed by atoms with Gasteiger partial charge in [0, 0.05) is 6.42 Å². The third-order valence-corrected chi connectivity index (χ3v) is 22.5. The van der Waals surface area contributed by atoms with E-state index in [-0.39, 0.29) is 18.9 Å². The molecule has 111 heavy (non-hydrogen) atoms. The SMILES string of the molecule is CC/C=C\C/C=C\C/C=C\C/C=C\C/C=C\CCCCCCCCCCCCCCCCCCCC(=O)NC(COC1OC(CO)C(OC2OC(CO)C(OC3OC(CO)C(O)C(O)C3O)C(O)C2O)C(O)C1O)C(O)/C=C/CCCCCCCCCCCCCCCCCCCCCCCCCCCCCCCCC. The van der Waals surface area contributed by atoms with Crippen LogP contribution >= 0.6 is 0 Å². The molecule has 3 fully saturated rings. The first-order valence-corrected chi connectivity index (χ1v) is 45.7. The van der Waals surface area contributed by atoms with Gasteiger partial charge in [-0.3, -0.25) is 4.79 Å². The molecule has 12 N–H and O–H groups in total. The average molecular weight is 1580 g/mol. The molecule has 3 heterocycles. The third-order valence-electron chi connectivity index (χ3n) is 22.5. The van der Waals surface area contributed by atoms with Crippen molar-refractivity contribution in [1.29, 1.82) is 0 Å². The minimum absolute atomic E-state index is 0.243. The fourth-order valence-corrected chi connectivity index (χ4v) is 15.3. The predicted molar refractivity (Wildman–Crippen MR) is 448 cm³/mol. The summed E-state index contributed by atoms with van der Waals surface area (Å²) in [5.41, 5.74) is 0. The number of aliphatic hydroxyl groups is 11. The van der Waals surface area contributed by atoms with Crippen molar-refractivity contribution in [2.45, 2.75) is 478 Å². The number of hydrogen-bond acceptors (Lipinski definition) is 18. The number of amides is 1. The first-order chi connectivity index (χ1) is 54.3. The third kappa shape index (κ3) is 49.9. The van der Waals surface area contributed by atoms with Crippen molar-refractivity contribution in [2.75, 3.05) is 26.4 Å². The Balaban J connectivity index is 1.33. The van der Waals surface area contributed by atoms with Gasteiger partial charge in [0.25, 0.3) is 0 Å². The van der Waals surface area contributed by atoms with Crippen LogP contribution in [0, 0.1) is 0 Å². The Bertz CT molecular complexity index is 2280. The zero-order chi connectivity index (χ0) is 80.3. The van der Waals surface area contributed by atoms with Gasteiger partial charge in [0.1, 0.15) is 73.2 Å². The Labute approximate surface area is 674 Å². The van der Waals surface area contributed by atoms with E-state index in [0.29, 0.717) is 6.42 Å². The average Bonchev–Trinajstić information content (AvgIpc) is 0.780. The van der Waals surface area contributed by atoms with Crippen LogP contribution in [0.25, 0.3) is 0 Å². The molecule has 3 rings (SSSR count). The Kier molecular flexibility index (Phi) is 65.8. The van der Waals surface area contributed by atoms with E-state index in [1.807, 2.05) is 6.08 Å². The van der Waals surface area contributed by atoms with Crippen molar-refractivity contribution >= 4 is 5.91 Å². The van der Waals surface area contributed by atoms with Crippen LogP contribution in [-0.4, -0.2) is 193 Å². The van der Waals surface area contributed by atoms with Crippen molar-refractivity contribution in [3.63, 3.8) is 0 Å². The second-order valence-corrected chi connectivity index (χ2v) is 32.4. The lowest BCUT2D eigenvalue weighted by molar-refractivity contribution is -0.379. The monoisotopic (exact) mass is 1570 g/mol. The lowest BCUT2D eigenvalue weighted by atomic mass is 9.96. The number of unbranched alkanes of at least 4 members (excludes halogenated alkanes) is 48. The van der Waals surface area contributed by atoms with Gasteiger partial charge in [-0.25, -0.2) is 0 Å². The first kappa shape index (κ1) is 102. The van der Waals surface area contributed by atoms with Crippen molar-refractivity contribution in [2.24, 2.45) is 0 Å². The number of hydrogen-bond donors (Lipinski definition) is 12. The maximum absolute atomic E-state index is 13.5. The minimum Gasteiger partial charge on any atom is -0.394 e. The number of carbonyl (C=O) groups excluding carboxylic acids is 1. The van der Waals surface area contributed by atoms with Crippen LogP contribution in [-0.2, 0) is 33.2 Å². The van der Waals surface area contributed by atoms with Gasteiger partial charge in [0.2, 0.25) is 5.91 Å². The highest BCUT2D eigenvalue weighted by molar-refractivity contribution is 5.76. The van der Waals surface area contributed by atoms with E-state index < -0.39 is 124 Å². The van der Waals surface area contributed by atoms with Crippen LogP contribution in [0.1, 0.15) is 373 Å². The highest BCUT2D eigenvalue weighted by Crippen LogP contribution is 2.34. The van der Waals surface area contributed by atoms with Gasteiger partial charge in [-0.15, -0.1) is 0 Å². The van der Waals surface area contributed by atoms with E-state index in [1.54, 1.807) is 6.08 Å². The van der Waals surface area contributed by atoms with E-state index >= 15 is 0 Å². The van der Waals surface area contributed by atoms with Crippen LogP contribution in [0.5, 0.6) is 0 Å². The smallest absolute Gasteiger partial charge is 0.220 e. The number of carbonyl (C=O) groups is 1. The molecule has 1 amide bonds. The van der Waals surface area contributed by atoms with Gasteiger partial charge in [-0.2, -0.15) is 0 Å². The molecule has 3 aliphatic rings. The summed E-state index contributed by atoms with van der Waals surface area (Å²) in [6, 6.07) is -0.978. The molecule has 17 atom stereocenters. The van der Waals surface area contributed by atoms with Gasteiger partial charge in [-0.1, -0.05) is 376 Å². The predicted octanol–water partition coefficient (Wildman–Crippen LogP) is 17.5. The molecule has 0 saturated carbocycles. The van der Waals surface area contributed by atoms with Gasteiger partial charge in [-0.05, 0) is 64.2 Å². The van der Waals surface area contributed by atoms with Crippen molar-refractivity contribution in [3.8, 4) is 0 Å². The quantitative estimate of drug-likeness (QED) is 0.0199. The molecule has 0 aromatic rings. The molecular formula is C92H167NO18. The summed E-state index contributed by atoms with van der Waals surface area (Å²) >= 11 is 0. The highest BCUT2D eigenvalue weighted by atomic mass is 16.8. The van der Waals surface area contributed by atoms with Crippen LogP contribution in [0.3, 0.4) is 0 Å². The molecule has 19 nitrogen and oxygen atoms in total. The largest absolute Gasteiger partial charge is 0.394 e. The van der Waals surface area contributed by atoms with Gasteiger partial charge < -0.3 is 89.9 Å². The van der Waals surface area contributed by atoms with Crippen LogP contribution in [0.4, 0.5) is 0 Å². The molecule has 17 unspecified atom stereocenters. The van der Waals surface area contributed by atoms with Gasteiger partial charge in [0.05, 0.1) is 38.6 Å². The zero-order valence-electron chi connectivity index (χ0n) is 69.9. The fraction of sp³-hybridized carbons (Fsp3) is 0.859. The van der Waals surface area contributed by atoms with Crippen molar-refractivity contribution < 1.29 is 89.4 Å². The Hall–Kier alpha value is -2.77. The molecule has 0 aromatic carbocycles. The lowest BCUT2D eigenvalue weighted by Gasteiger charge is -2.48. The number of rotatable bonds is 74. The molecule has 0 radical (unpaired) electrons. The second kappa shape index (κ2) is 71.3. The maximum atomic E-state index is 13.5. The molecule has 648 valence electrons. The standard InChI is InChI=1S/C92H167NO18/c1-3-5-7-9-11-13-15-17-19-21-23-25-27-29-31-33-35-37-39-41-43-45-47-49-51-53-55-57-59-61-63-65-67-69-76(97)75(74-106-90-86(104)83(101)88(78(72-95)108-90)111-92-87(105)84(102)89(79(73-96)109-92)110-91-85(103)82(100)81(99)77(71-94)107-91)93-80(98)70-68-66-64-62-60-58-56-54-52-50-48-46-44-42-40-38-36-34-32-30-28-26-24-22-20-18-16-14-12-10-8-6-4-2/h6,8,12,14,18,20,24,26,30,32,67,69,75-79,81-92,94-97,99-105H,3-5,7,9-11,13,15-17,19,21-23,25,27-29,31,33-66,68,70-74H2,1-2H3,(H,93,98)/b8-6-,14-12-,20-18-,26-24-,32-30-,69-67+. The van der Waals surface area contributed by atoms with Crippen molar-refractivity contribution in [1.82, 2.24) is 5.32 Å². The highest BCUT2D eigenvalue weighted by Gasteiger charge is 2.54. The van der Waals surface area contributed by atoms with Crippen LogP contribution in [0.2, 0.25) is 0 Å². The molecule has 0 aliphatic carbocycles. The first-order valence-electron chi connectivity index (χ1n) is 45.7. The summed E-state index contributed by atoms with van der Waals surface area (Å²) < 4.78 is 34.5. The Morgan fingerprint density at radius 2 is 0.622 bits per heavy atom. The topological polar surface area (TPSA) is 307 Å². The lowest BCUT2D eigenvalue weighted by Crippen LogP contribution is -2.66. The van der Waals surface area contributed by atoms with Crippen molar-refractivity contribution in [3.05, 3.63) is 72.9 Å². The molecule has 0 bridgehead atoms. The van der Waals surface area contributed by atoms with E-state index in [0.717, 1.165) is 77.0 Å². The number of ether oxygens (including phenoxy) is 6. The summed E-state index contributed by atoms with van der Waals surface area (Å²) in [6.45, 7) is 1.68. The summed E-state index contributed by atoms with van der Waals surface area (Å²) in [5, 5.41) is 121. The normalized spacial score (nSPS) is 25.4. The fourth-order valence-electron chi connectivity index (χ4n) is 15.3. The van der Waals surface area contributed by atoms with Crippen LogP contribution < -0.4 is 5.32 Å². The molecule has 3 aliphatic heterocycles. The maximum Gasteiger partial charge on any atom is 0.220 e. The van der Waals surface area contributed by atoms with Gasteiger partial charge >= 0.3 is 0 Å². The van der Waals surface area contributed by atoms with E-state index in [9.17, 15) is 61.0 Å². The van der Waals surface area contributed by atoms with Gasteiger partial charge in [0.15, 0.2) is 18.9 Å². The Morgan fingerprint density at radius 3 is 0.973 bits per heavy atom. The van der Waals surface area contributed by atoms with E-state index in [4.69, 9.17) is 28.4 Å². The van der Waals surface area contributed by atoms with Crippen LogP contribution in [0.15, 0.2) is 72.9 Å². The summed E-state index contributed by atoms with van der Waals surface area (Å²) in [7, 11) is 0. The molecule has 0 spiro atoms. The van der Waals surface area contributed by atoms with E-state index in [1.165, 1.54) is 270 Å². The summed E-state index contributed by atoms with van der Waals surface area (Å²) in [5.74, 6) is -0.271. The molecule has 19 heteroatoms. The number of allylic oxidation sites excluding steroid dienone is 11. The zero-order valence-corrected chi connectivity index (χ0v) is 69.9.